The van der Waals surface area contributed by atoms with Gasteiger partial charge in [0, 0.05) is 5.56 Å². The third kappa shape index (κ3) is 4.62. The molecule has 0 aromatic heterocycles. The standard InChI is InChI=1S/C16H23NO3/c1-13(18)14-5-7-16(8-6-14)20-12-15(19)11-17-9-3-2-4-10-17/h5-8,15,19H,2-4,9-12H2,1H3/p+1/t15-/m0/s1. The van der Waals surface area contributed by atoms with Gasteiger partial charge in [-0.05, 0) is 50.5 Å². The first kappa shape index (κ1) is 15.0. The number of carbonyl (C=O) groups excluding carboxylic acids is 1. The lowest BCUT2D eigenvalue weighted by atomic mass is 10.1. The molecule has 2 N–H and O–H groups in total. The molecular weight excluding hydrogens is 254 g/mol. The number of benzene rings is 1. The second kappa shape index (κ2) is 7.41. The number of ether oxygens (including phenoxy) is 1. The van der Waals surface area contributed by atoms with Crippen LogP contribution in [-0.4, -0.2) is 43.2 Å². The van der Waals surface area contributed by atoms with E-state index >= 15 is 0 Å². The van der Waals surface area contributed by atoms with Crippen molar-refractivity contribution in [2.45, 2.75) is 32.3 Å². The summed E-state index contributed by atoms with van der Waals surface area (Å²) in [6, 6.07) is 7.05. The first-order valence-corrected chi connectivity index (χ1v) is 7.40. The maximum absolute atomic E-state index is 11.2. The molecule has 20 heavy (non-hydrogen) atoms. The van der Waals surface area contributed by atoms with Crippen LogP contribution in [0.5, 0.6) is 5.75 Å². The summed E-state index contributed by atoms with van der Waals surface area (Å²) < 4.78 is 5.57. The summed E-state index contributed by atoms with van der Waals surface area (Å²) in [4.78, 5) is 12.6. The van der Waals surface area contributed by atoms with Gasteiger partial charge >= 0.3 is 0 Å². The number of hydrogen-bond donors (Lipinski definition) is 2. The van der Waals surface area contributed by atoms with Gasteiger partial charge in [0.1, 0.15) is 25.0 Å². The molecule has 0 unspecified atom stereocenters. The van der Waals surface area contributed by atoms with E-state index in [0.29, 0.717) is 17.9 Å². The topological polar surface area (TPSA) is 51.0 Å². The van der Waals surface area contributed by atoms with Crippen LogP contribution in [-0.2, 0) is 0 Å². The predicted molar refractivity (Wildman–Crippen MR) is 77.4 cm³/mol. The monoisotopic (exact) mass is 278 g/mol. The van der Waals surface area contributed by atoms with Gasteiger partial charge in [-0.15, -0.1) is 0 Å². The highest BCUT2D eigenvalue weighted by Crippen LogP contribution is 2.12. The van der Waals surface area contributed by atoms with Crippen LogP contribution < -0.4 is 9.64 Å². The molecule has 4 heteroatoms. The van der Waals surface area contributed by atoms with Gasteiger partial charge in [-0.3, -0.25) is 4.79 Å². The Hall–Kier alpha value is -1.39. The van der Waals surface area contributed by atoms with Gasteiger partial charge in [-0.1, -0.05) is 0 Å². The average Bonchev–Trinajstić information content (AvgIpc) is 2.46. The highest BCUT2D eigenvalue weighted by Gasteiger charge is 2.18. The van der Waals surface area contributed by atoms with Crippen LogP contribution in [0.4, 0.5) is 0 Å². The second-order valence-electron chi connectivity index (χ2n) is 5.56. The summed E-state index contributed by atoms with van der Waals surface area (Å²) in [5, 5.41) is 10.0. The Bertz CT molecular complexity index is 424. The molecule has 1 heterocycles. The fraction of sp³-hybridized carbons (Fsp3) is 0.562. The summed E-state index contributed by atoms with van der Waals surface area (Å²) in [5.74, 6) is 0.743. The first-order chi connectivity index (χ1) is 9.65. The van der Waals surface area contributed by atoms with Crippen molar-refractivity contribution in [2.24, 2.45) is 0 Å². The maximum atomic E-state index is 11.2. The third-order valence-corrected chi connectivity index (χ3v) is 3.79. The van der Waals surface area contributed by atoms with E-state index in [9.17, 15) is 9.90 Å². The van der Waals surface area contributed by atoms with Crippen LogP contribution in [0.2, 0.25) is 0 Å². The molecular formula is C16H24NO3+. The molecule has 1 fully saturated rings. The van der Waals surface area contributed by atoms with Crippen molar-refractivity contribution in [1.29, 1.82) is 0 Å². The van der Waals surface area contributed by atoms with Crippen LogP contribution in [0.15, 0.2) is 24.3 Å². The van der Waals surface area contributed by atoms with E-state index in [2.05, 4.69) is 0 Å². The molecule has 4 nitrogen and oxygen atoms in total. The minimum absolute atomic E-state index is 0.0466. The number of likely N-dealkylation sites (tertiary alicyclic amines) is 1. The van der Waals surface area contributed by atoms with Crippen LogP contribution in [0.1, 0.15) is 36.5 Å². The molecule has 1 saturated heterocycles. The van der Waals surface area contributed by atoms with E-state index in [1.807, 2.05) is 0 Å². The van der Waals surface area contributed by atoms with Crippen molar-refractivity contribution in [2.75, 3.05) is 26.2 Å². The third-order valence-electron chi connectivity index (χ3n) is 3.79. The zero-order valence-corrected chi connectivity index (χ0v) is 12.1. The first-order valence-electron chi connectivity index (χ1n) is 7.40. The quantitative estimate of drug-likeness (QED) is 0.753. The Morgan fingerprint density at radius 3 is 2.50 bits per heavy atom. The van der Waals surface area contributed by atoms with E-state index in [-0.39, 0.29) is 5.78 Å². The molecule has 1 aliphatic heterocycles. The summed E-state index contributed by atoms with van der Waals surface area (Å²) >= 11 is 0. The Kier molecular flexibility index (Phi) is 5.56. The number of hydrogen-bond acceptors (Lipinski definition) is 3. The van der Waals surface area contributed by atoms with Gasteiger partial charge < -0.3 is 14.7 Å². The Morgan fingerprint density at radius 2 is 1.90 bits per heavy atom. The number of nitrogens with one attached hydrogen (secondary N) is 1. The number of aliphatic hydroxyl groups excluding tert-OH is 1. The van der Waals surface area contributed by atoms with Gasteiger partial charge in [0.05, 0.1) is 13.1 Å². The summed E-state index contributed by atoms with van der Waals surface area (Å²) in [6.07, 6.45) is 3.40. The van der Waals surface area contributed by atoms with Crippen molar-refractivity contribution in [1.82, 2.24) is 0 Å². The Labute approximate surface area is 120 Å². The average molecular weight is 278 g/mol. The molecule has 1 aromatic rings. The predicted octanol–water partition coefficient (Wildman–Crippen LogP) is 0.698. The minimum atomic E-state index is -0.435. The molecule has 0 spiro atoms. The molecule has 1 atom stereocenters. The number of carbonyl (C=O) groups is 1. The number of piperidine rings is 1. The van der Waals surface area contributed by atoms with Crippen molar-refractivity contribution < 1.29 is 19.5 Å². The molecule has 0 aliphatic carbocycles. The number of Topliss-reactive ketones (excluding diaryl/α,β-unsaturated/α-hetero) is 1. The van der Waals surface area contributed by atoms with Gasteiger partial charge in [0.15, 0.2) is 5.78 Å². The van der Waals surface area contributed by atoms with Crippen LogP contribution >= 0.6 is 0 Å². The largest absolute Gasteiger partial charge is 0.491 e. The van der Waals surface area contributed by atoms with Crippen molar-refractivity contribution in [3.05, 3.63) is 29.8 Å². The Morgan fingerprint density at radius 1 is 1.25 bits per heavy atom. The van der Waals surface area contributed by atoms with E-state index in [1.165, 1.54) is 24.2 Å². The van der Waals surface area contributed by atoms with Crippen LogP contribution in [0.25, 0.3) is 0 Å². The van der Waals surface area contributed by atoms with E-state index in [0.717, 1.165) is 19.6 Å². The number of aliphatic hydroxyl groups is 1. The van der Waals surface area contributed by atoms with Gasteiger partial charge in [-0.25, -0.2) is 0 Å². The molecule has 110 valence electrons. The zero-order valence-electron chi connectivity index (χ0n) is 12.1. The van der Waals surface area contributed by atoms with Crippen LogP contribution in [0, 0.1) is 0 Å². The van der Waals surface area contributed by atoms with Gasteiger partial charge in [0.25, 0.3) is 0 Å². The second-order valence-corrected chi connectivity index (χ2v) is 5.56. The van der Waals surface area contributed by atoms with Crippen molar-refractivity contribution >= 4 is 5.78 Å². The van der Waals surface area contributed by atoms with Crippen molar-refractivity contribution in [3.8, 4) is 5.75 Å². The Balaban J connectivity index is 1.74. The maximum Gasteiger partial charge on any atom is 0.159 e. The van der Waals surface area contributed by atoms with E-state index in [4.69, 9.17) is 4.74 Å². The number of ketones is 1. The summed E-state index contributed by atoms with van der Waals surface area (Å²) in [5.41, 5.74) is 0.677. The number of quaternary nitrogens is 1. The molecule has 2 rings (SSSR count). The lowest BCUT2D eigenvalue weighted by Gasteiger charge is -2.25. The highest BCUT2D eigenvalue weighted by molar-refractivity contribution is 5.94. The summed E-state index contributed by atoms with van der Waals surface area (Å²) in [6.45, 7) is 4.92. The fourth-order valence-corrected chi connectivity index (χ4v) is 2.63. The molecule has 0 amide bonds. The lowest BCUT2D eigenvalue weighted by Crippen LogP contribution is -3.14. The SMILES string of the molecule is CC(=O)c1ccc(OC[C@@H](O)C[NH+]2CCCCC2)cc1. The fourth-order valence-electron chi connectivity index (χ4n) is 2.63. The molecule has 0 radical (unpaired) electrons. The molecule has 1 aliphatic rings. The van der Waals surface area contributed by atoms with E-state index < -0.39 is 6.10 Å². The normalized spacial score (nSPS) is 17.7. The van der Waals surface area contributed by atoms with Crippen molar-refractivity contribution in [3.63, 3.8) is 0 Å². The molecule has 1 aromatic carbocycles. The van der Waals surface area contributed by atoms with Crippen LogP contribution in [0.3, 0.4) is 0 Å². The molecule has 0 bridgehead atoms. The smallest absolute Gasteiger partial charge is 0.159 e. The lowest BCUT2D eigenvalue weighted by molar-refractivity contribution is -0.908. The highest BCUT2D eigenvalue weighted by atomic mass is 16.5. The summed E-state index contributed by atoms with van der Waals surface area (Å²) in [7, 11) is 0. The zero-order chi connectivity index (χ0) is 14.4. The van der Waals surface area contributed by atoms with Gasteiger partial charge in [-0.2, -0.15) is 0 Å². The van der Waals surface area contributed by atoms with E-state index in [1.54, 1.807) is 31.2 Å². The van der Waals surface area contributed by atoms with Gasteiger partial charge in [0.2, 0.25) is 0 Å². The molecule has 0 saturated carbocycles. The minimum Gasteiger partial charge on any atom is -0.491 e. The number of rotatable bonds is 6.